The Morgan fingerprint density at radius 1 is 0.724 bits per heavy atom. The Hall–Kier alpha value is -3.34. The van der Waals surface area contributed by atoms with Gasteiger partial charge in [0.25, 0.3) is 0 Å². The number of alkyl halides is 6. The van der Waals surface area contributed by atoms with Gasteiger partial charge in [0.2, 0.25) is 0 Å². The molecular formula is C21H12F6N2. The second-order valence-corrected chi connectivity index (χ2v) is 6.18. The summed E-state index contributed by atoms with van der Waals surface area (Å²) in [5.74, 6) is 0. The maximum Gasteiger partial charge on any atom is 0.416 e. The summed E-state index contributed by atoms with van der Waals surface area (Å²) in [5, 5.41) is 9.09. The molecule has 1 aromatic heterocycles. The third-order valence-corrected chi connectivity index (χ3v) is 4.29. The summed E-state index contributed by atoms with van der Waals surface area (Å²) in [6, 6.07) is 12.2. The lowest BCUT2D eigenvalue weighted by molar-refractivity contribution is -0.138. The van der Waals surface area contributed by atoms with Gasteiger partial charge in [-0.3, -0.25) is 4.98 Å². The number of rotatable bonds is 3. The number of nitrogens with zero attached hydrogens (tertiary/aromatic N) is 2. The van der Waals surface area contributed by atoms with Crippen LogP contribution in [0.1, 0.15) is 16.7 Å². The first-order valence-electron chi connectivity index (χ1n) is 8.31. The van der Waals surface area contributed by atoms with E-state index in [4.69, 9.17) is 5.26 Å². The molecule has 0 spiro atoms. The van der Waals surface area contributed by atoms with Gasteiger partial charge in [0.05, 0.1) is 29.3 Å². The van der Waals surface area contributed by atoms with Gasteiger partial charge in [0.1, 0.15) is 0 Å². The minimum Gasteiger partial charge on any atom is -0.256 e. The first kappa shape index (κ1) is 20.4. The summed E-state index contributed by atoms with van der Waals surface area (Å²) < 4.78 is 77.0. The van der Waals surface area contributed by atoms with Gasteiger partial charge in [0.15, 0.2) is 0 Å². The highest BCUT2D eigenvalue weighted by Gasteiger charge is 2.31. The van der Waals surface area contributed by atoms with E-state index in [2.05, 4.69) is 4.98 Å². The lowest BCUT2D eigenvalue weighted by Gasteiger charge is -2.15. The number of benzene rings is 2. The van der Waals surface area contributed by atoms with Crippen molar-refractivity contribution in [3.8, 4) is 28.5 Å². The zero-order valence-corrected chi connectivity index (χ0v) is 14.6. The fourth-order valence-corrected chi connectivity index (χ4v) is 2.92. The third kappa shape index (κ3) is 4.40. The van der Waals surface area contributed by atoms with Gasteiger partial charge in [0, 0.05) is 17.3 Å². The Kier molecular flexibility index (Phi) is 5.33. The summed E-state index contributed by atoms with van der Waals surface area (Å²) in [4.78, 5) is 4.22. The van der Waals surface area contributed by atoms with Crippen molar-refractivity contribution >= 4 is 0 Å². The number of pyridine rings is 1. The van der Waals surface area contributed by atoms with E-state index in [1.54, 1.807) is 6.07 Å². The van der Waals surface area contributed by atoms with E-state index >= 15 is 0 Å². The molecule has 0 saturated heterocycles. The lowest BCUT2D eigenvalue weighted by Crippen LogP contribution is -2.05. The summed E-state index contributed by atoms with van der Waals surface area (Å²) in [6.45, 7) is 0. The Morgan fingerprint density at radius 3 is 1.66 bits per heavy atom. The Labute approximate surface area is 162 Å². The van der Waals surface area contributed by atoms with E-state index < -0.39 is 23.5 Å². The quantitative estimate of drug-likeness (QED) is 0.465. The molecule has 0 atom stereocenters. The van der Waals surface area contributed by atoms with Crippen LogP contribution in [0.5, 0.6) is 0 Å². The normalized spacial score (nSPS) is 11.9. The molecule has 0 bridgehead atoms. The van der Waals surface area contributed by atoms with Crippen molar-refractivity contribution in [1.29, 1.82) is 5.26 Å². The average Bonchev–Trinajstić information content (AvgIpc) is 2.67. The summed E-state index contributed by atoms with van der Waals surface area (Å²) >= 11 is 0. The molecule has 0 N–H and O–H groups in total. The molecule has 29 heavy (non-hydrogen) atoms. The van der Waals surface area contributed by atoms with Crippen LogP contribution in [-0.4, -0.2) is 4.98 Å². The summed E-state index contributed by atoms with van der Waals surface area (Å²) in [6.07, 6.45) is -7.62. The Balaban J connectivity index is 2.14. The van der Waals surface area contributed by atoms with E-state index in [1.165, 1.54) is 30.5 Å². The van der Waals surface area contributed by atoms with Crippen LogP contribution < -0.4 is 0 Å². The highest BCUT2D eigenvalue weighted by molar-refractivity contribution is 5.83. The van der Waals surface area contributed by atoms with Crippen LogP contribution in [0.3, 0.4) is 0 Å². The van der Waals surface area contributed by atoms with Gasteiger partial charge < -0.3 is 0 Å². The number of hydrogen-bond acceptors (Lipinski definition) is 2. The largest absolute Gasteiger partial charge is 0.416 e. The van der Waals surface area contributed by atoms with Crippen molar-refractivity contribution in [2.45, 2.75) is 18.8 Å². The first-order chi connectivity index (χ1) is 13.6. The molecule has 2 aromatic carbocycles. The monoisotopic (exact) mass is 406 g/mol. The van der Waals surface area contributed by atoms with Crippen molar-refractivity contribution < 1.29 is 26.3 Å². The topological polar surface area (TPSA) is 36.7 Å². The SMILES string of the molecule is N#CCc1ccnc(-c2ccc(C(F)(F)F)cc2)c1-c1ccc(C(F)(F)F)cc1. The van der Waals surface area contributed by atoms with Crippen LogP contribution >= 0.6 is 0 Å². The molecule has 148 valence electrons. The lowest BCUT2D eigenvalue weighted by atomic mass is 9.92. The molecule has 2 nitrogen and oxygen atoms in total. The van der Waals surface area contributed by atoms with Crippen molar-refractivity contribution in [1.82, 2.24) is 4.98 Å². The van der Waals surface area contributed by atoms with E-state index in [-0.39, 0.29) is 12.1 Å². The predicted molar refractivity (Wildman–Crippen MR) is 94.4 cm³/mol. The third-order valence-electron chi connectivity index (χ3n) is 4.29. The Bertz CT molecular complexity index is 1040. The zero-order chi connectivity index (χ0) is 21.2. The molecule has 0 saturated carbocycles. The number of aromatic nitrogens is 1. The van der Waals surface area contributed by atoms with E-state index in [0.717, 1.165) is 24.3 Å². The smallest absolute Gasteiger partial charge is 0.256 e. The van der Waals surface area contributed by atoms with Crippen LogP contribution in [0.25, 0.3) is 22.4 Å². The van der Waals surface area contributed by atoms with Crippen LogP contribution in [0, 0.1) is 11.3 Å². The fraction of sp³-hybridized carbons (Fsp3) is 0.143. The molecule has 0 radical (unpaired) electrons. The number of hydrogen-bond donors (Lipinski definition) is 0. The predicted octanol–water partition coefficient (Wildman–Crippen LogP) is 6.52. The van der Waals surface area contributed by atoms with Crippen molar-refractivity contribution in [3.05, 3.63) is 77.5 Å². The molecule has 0 aliphatic heterocycles. The van der Waals surface area contributed by atoms with Crippen LogP contribution in [0.2, 0.25) is 0 Å². The number of halogens is 6. The first-order valence-corrected chi connectivity index (χ1v) is 8.31. The molecule has 0 unspecified atom stereocenters. The molecule has 0 amide bonds. The molecule has 1 heterocycles. The molecular weight excluding hydrogens is 394 g/mol. The van der Waals surface area contributed by atoms with Gasteiger partial charge in [-0.15, -0.1) is 0 Å². The fourth-order valence-electron chi connectivity index (χ4n) is 2.92. The minimum atomic E-state index is -4.50. The van der Waals surface area contributed by atoms with E-state index in [1.807, 2.05) is 6.07 Å². The zero-order valence-electron chi connectivity index (χ0n) is 14.6. The molecule has 3 aromatic rings. The maximum atomic E-state index is 12.9. The van der Waals surface area contributed by atoms with Gasteiger partial charge in [-0.25, -0.2) is 0 Å². The van der Waals surface area contributed by atoms with Gasteiger partial charge >= 0.3 is 12.4 Å². The van der Waals surface area contributed by atoms with Crippen molar-refractivity contribution in [3.63, 3.8) is 0 Å². The van der Waals surface area contributed by atoms with Crippen LogP contribution in [-0.2, 0) is 18.8 Å². The van der Waals surface area contributed by atoms with Gasteiger partial charge in [-0.05, 0) is 41.5 Å². The molecule has 8 heteroatoms. The van der Waals surface area contributed by atoms with Crippen LogP contribution in [0.15, 0.2) is 60.8 Å². The molecule has 0 aliphatic rings. The maximum absolute atomic E-state index is 12.9. The number of nitriles is 1. The second-order valence-electron chi connectivity index (χ2n) is 6.18. The molecule has 0 aliphatic carbocycles. The highest BCUT2D eigenvalue weighted by atomic mass is 19.4. The van der Waals surface area contributed by atoms with Gasteiger partial charge in [-0.1, -0.05) is 24.3 Å². The highest BCUT2D eigenvalue weighted by Crippen LogP contribution is 2.37. The standard InChI is InChI=1S/C21H12F6N2/c22-20(23,24)16-5-1-13(2-6-16)18-14(9-11-28)10-12-29-19(18)15-3-7-17(8-4-15)21(25,26)27/h1-8,10,12H,9H2. The van der Waals surface area contributed by atoms with Crippen molar-refractivity contribution in [2.75, 3.05) is 0 Å². The van der Waals surface area contributed by atoms with Crippen molar-refractivity contribution in [2.24, 2.45) is 0 Å². The molecule has 3 rings (SSSR count). The Morgan fingerprint density at radius 2 is 1.21 bits per heavy atom. The average molecular weight is 406 g/mol. The van der Waals surface area contributed by atoms with E-state index in [0.29, 0.717) is 22.3 Å². The summed E-state index contributed by atoms with van der Waals surface area (Å²) in [5.41, 5.74) is 0.276. The van der Waals surface area contributed by atoms with Gasteiger partial charge in [-0.2, -0.15) is 31.6 Å². The molecule has 0 fully saturated rings. The summed E-state index contributed by atoms with van der Waals surface area (Å²) in [7, 11) is 0. The second kappa shape index (κ2) is 7.59. The van der Waals surface area contributed by atoms with Crippen LogP contribution in [0.4, 0.5) is 26.3 Å². The minimum absolute atomic E-state index is 0.0352. The van der Waals surface area contributed by atoms with E-state index in [9.17, 15) is 26.3 Å².